The van der Waals surface area contributed by atoms with Crippen LogP contribution in [0.1, 0.15) is 11.4 Å². The van der Waals surface area contributed by atoms with Crippen molar-refractivity contribution in [1.82, 2.24) is 19.9 Å². The predicted octanol–water partition coefficient (Wildman–Crippen LogP) is 1.05. The summed E-state index contributed by atoms with van der Waals surface area (Å²) in [5.74, 6) is 1.04. The first-order valence-corrected chi connectivity index (χ1v) is 4.93. The molecule has 2 heterocycles. The minimum absolute atomic E-state index is 0.785. The van der Waals surface area contributed by atoms with Crippen LogP contribution in [0, 0.1) is 0 Å². The van der Waals surface area contributed by atoms with Gasteiger partial charge in [-0.05, 0) is 18.7 Å². The van der Waals surface area contributed by atoms with Crippen LogP contribution in [0.5, 0.6) is 0 Å². The molecule has 78 valence electrons. The van der Waals surface area contributed by atoms with E-state index in [-0.39, 0.29) is 0 Å². The van der Waals surface area contributed by atoms with Crippen molar-refractivity contribution in [3.8, 4) is 0 Å². The monoisotopic (exact) mass is 202 g/mol. The normalized spacial score (nSPS) is 10.5. The van der Waals surface area contributed by atoms with E-state index < -0.39 is 0 Å². The Morgan fingerprint density at radius 1 is 1.40 bits per heavy atom. The zero-order valence-electron chi connectivity index (χ0n) is 8.72. The zero-order valence-corrected chi connectivity index (χ0v) is 8.72. The summed E-state index contributed by atoms with van der Waals surface area (Å²) in [6.45, 7) is 1.61. The third-order valence-electron chi connectivity index (χ3n) is 2.21. The molecule has 2 aromatic rings. The van der Waals surface area contributed by atoms with Crippen molar-refractivity contribution in [2.75, 3.05) is 7.05 Å². The molecule has 0 aliphatic heterocycles. The maximum atomic E-state index is 4.28. The number of imidazole rings is 1. The lowest BCUT2D eigenvalue weighted by atomic mass is 10.3. The maximum absolute atomic E-state index is 4.28. The van der Waals surface area contributed by atoms with Gasteiger partial charge in [-0.2, -0.15) is 0 Å². The number of nitrogens with zero attached hydrogens (tertiary/aromatic N) is 3. The molecule has 0 atom stereocenters. The van der Waals surface area contributed by atoms with Crippen LogP contribution in [0.15, 0.2) is 36.9 Å². The van der Waals surface area contributed by atoms with E-state index in [1.165, 1.54) is 5.56 Å². The SMILES string of the molecule is CNCc1nccn1Cc1cccnc1. The summed E-state index contributed by atoms with van der Waals surface area (Å²) in [7, 11) is 1.92. The molecular formula is C11H14N4. The van der Waals surface area contributed by atoms with Gasteiger partial charge < -0.3 is 9.88 Å². The van der Waals surface area contributed by atoms with E-state index in [0.717, 1.165) is 18.9 Å². The molecule has 0 spiro atoms. The Bertz CT molecular complexity index is 408. The Hall–Kier alpha value is -1.68. The van der Waals surface area contributed by atoms with Crippen molar-refractivity contribution >= 4 is 0 Å². The molecule has 0 aromatic carbocycles. The first-order valence-electron chi connectivity index (χ1n) is 4.93. The summed E-state index contributed by atoms with van der Waals surface area (Å²) in [6, 6.07) is 4.01. The number of pyridine rings is 1. The highest BCUT2D eigenvalue weighted by Crippen LogP contribution is 2.03. The van der Waals surface area contributed by atoms with Gasteiger partial charge in [0, 0.05) is 24.8 Å². The second-order valence-corrected chi connectivity index (χ2v) is 3.36. The largest absolute Gasteiger partial charge is 0.329 e. The van der Waals surface area contributed by atoms with Crippen LogP contribution in [-0.4, -0.2) is 21.6 Å². The van der Waals surface area contributed by atoms with Gasteiger partial charge in [0.1, 0.15) is 5.82 Å². The second kappa shape index (κ2) is 4.70. The van der Waals surface area contributed by atoms with Crippen LogP contribution < -0.4 is 5.32 Å². The first kappa shape index (κ1) is 9.86. The summed E-state index contributed by atoms with van der Waals surface area (Å²) < 4.78 is 2.12. The van der Waals surface area contributed by atoms with Crippen molar-refractivity contribution in [1.29, 1.82) is 0 Å². The summed E-state index contributed by atoms with van der Waals surface area (Å²) in [4.78, 5) is 8.37. The Morgan fingerprint density at radius 3 is 3.07 bits per heavy atom. The summed E-state index contributed by atoms with van der Waals surface area (Å²) in [5.41, 5.74) is 1.19. The fraction of sp³-hybridized carbons (Fsp3) is 0.273. The van der Waals surface area contributed by atoms with Gasteiger partial charge in [0.2, 0.25) is 0 Å². The van der Waals surface area contributed by atoms with E-state index in [1.807, 2.05) is 31.7 Å². The molecule has 0 bridgehead atoms. The van der Waals surface area contributed by atoms with E-state index in [0.29, 0.717) is 0 Å². The molecule has 2 aromatic heterocycles. The summed E-state index contributed by atoms with van der Waals surface area (Å²) >= 11 is 0. The Labute approximate surface area is 89.0 Å². The average Bonchev–Trinajstić information content (AvgIpc) is 2.68. The second-order valence-electron chi connectivity index (χ2n) is 3.36. The molecule has 1 N–H and O–H groups in total. The van der Waals surface area contributed by atoms with Crippen molar-refractivity contribution in [2.45, 2.75) is 13.1 Å². The van der Waals surface area contributed by atoms with Gasteiger partial charge in [-0.3, -0.25) is 4.98 Å². The van der Waals surface area contributed by atoms with Crippen LogP contribution in [0.25, 0.3) is 0 Å². The van der Waals surface area contributed by atoms with Gasteiger partial charge in [0.05, 0.1) is 13.1 Å². The molecular weight excluding hydrogens is 188 g/mol. The number of rotatable bonds is 4. The van der Waals surface area contributed by atoms with E-state index in [1.54, 1.807) is 6.20 Å². The lowest BCUT2D eigenvalue weighted by molar-refractivity contribution is 0.672. The van der Waals surface area contributed by atoms with Crippen LogP contribution in [0.4, 0.5) is 0 Å². The highest BCUT2D eigenvalue weighted by Gasteiger charge is 2.01. The van der Waals surface area contributed by atoms with Crippen molar-refractivity contribution < 1.29 is 0 Å². The summed E-state index contributed by atoms with van der Waals surface area (Å²) in [6.07, 6.45) is 7.47. The number of hydrogen-bond donors (Lipinski definition) is 1. The summed E-state index contributed by atoms with van der Waals surface area (Å²) in [5, 5.41) is 3.10. The van der Waals surface area contributed by atoms with Gasteiger partial charge in [-0.25, -0.2) is 4.98 Å². The van der Waals surface area contributed by atoms with Crippen LogP contribution in [-0.2, 0) is 13.1 Å². The highest BCUT2D eigenvalue weighted by atomic mass is 15.1. The Kier molecular flexibility index (Phi) is 3.09. The molecule has 0 saturated heterocycles. The molecule has 0 saturated carbocycles. The maximum Gasteiger partial charge on any atom is 0.122 e. The van der Waals surface area contributed by atoms with E-state index in [4.69, 9.17) is 0 Å². The van der Waals surface area contributed by atoms with E-state index in [9.17, 15) is 0 Å². The minimum Gasteiger partial charge on any atom is -0.329 e. The minimum atomic E-state index is 0.785. The lowest BCUT2D eigenvalue weighted by Crippen LogP contribution is -2.12. The molecule has 15 heavy (non-hydrogen) atoms. The number of nitrogens with one attached hydrogen (secondary N) is 1. The number of hydrogen-bond acceptors (Lipinski definition) is 3. The molecule has 0 aliphatic carbocycles. The quantitative estimate of drug-likeness (QED) is 0.805. The molecule has 0 radical (unpaired) electrons. The van der Waals surface area contributed by atoms with Gasteiger partial charge in [-0.1, -0.05) is 6.07 Å². The van der Waals surface area contributed by atoms with Crippen molar-refractivity contribution in [3.63, 3.8) is 0 Å². The average molecular weight is 202 g/mol. The smallest absolute Gasteiger partial charge is 0.122 e. The molecule has 4 heteroatoms. The van der Waals surface area contributed by atoms with Gasteiger partial charge in [-0.15, -0.1) is 0 Å². The first-order chi connectivity index (χ1) is 7.40. The Morgan fingerprint density at radius 2 is 2.33 bits per heavy atom. The highest BCUT2D eigenvalue weighted by molar-refractivity contribution is 5.10. The Balaban J connectivity index is 2.14. The van der Waals surface area contributed by atoms with Gasteiger partial charge in [0.25, 0.3) is 0 Å². The third-order valence-corrected chi connectivity index (χ3v) is 2.21. The fourth-order valence-electron chi connectivity index (χ4n) is 1.50. The molecule has 4 nitrogen and oxygen atoms in total. The van der Waals surface area contributed by atoms with E-state index in [2.05, 4.69) is 25.9 Å². The fourth-order valence-corrected chi connectivity index (χ4v) is 1.50. The number of aromatic nitrogens is 3. The predicted molar refractivity (Wildman–Crippen MR) is 58.3 cm³/mol. The molecule has 0 aliphatic rings. The van der Waals surface area contributed by atoms with Crippen LogP contribution >= 0.6 is 0 Å². The molecule has 0 unspecified atom stereocenters. The molecule has 2 rings (SSSR count). The van der Waals surface area contributed by atoms with Crippen LogP contribution in [0.2, 0.25) is 0 Å². The van der Waals surface area contributed by atoms with Crippen molar-refractivity contribution in [3.05, 3.63) is 48.3 Å². The topological polar surface area (TPSA) is 42.7 Å². The van der Waals surface area contributed by atoms with Gasteiger partial charge >= 0.3 is 0 Å². The lowest BCUT2D eigenvalue weighted by Gasteiger charge is -2.06. The van der Waals surface area contributed by atoms with Gasteiger partial charge in [0.15, 0.2) is 0 Å². The third kappa shape index (κ3) is 2.41. The van der Waals surface area contributed by atoms with Crippen molar-refractivity contribution in [2.24, 2.45) is 0 Å². The van der Waals surface area contributed by atoms with E-state index >= 15 is 0 Å². The zero-order chi connectivity index (χ0) is 10.5. The molecule has 0 amide bonds. The standard InChI is InChI=1S/C11H14N4/c1-12-8-11-14-5-6-15(11)9-10-3-2-4-13-7-10/h2-7,12H,8-9H2,1H3. The molecule has 0 fully saturated rings. The van der Waals surface area contributed by atoms with Crippen LogP contribution in [0.3, 0.4) is 0 Å².